The Labute approximate surface area is 117 Å². The average molecular weight is 306 g/mol. The predicted octanol–water partition coefficient (Wildman–Crippen LogP) is 1.96. The Kier molecular flexibility index (Phi) is 4.10. The van der Waals surface area contributed by atoms with Gasteiger partial charge in [0.25, 0.3) is 0 Å². The lowest BCUT2D eigenvalue weighted by atomic mass is 10.2. The molecule has 106 valence electrons. The fourth-order valence-corrected chi connectivity index (χ4v) is 3.14. The second-order valence-electron chi connectivity index (χ2n) is 4.61. The molecule has 1 aliphatic rings. The molecular weight excluding hydrogens is 290 g/mol. The first-order valence-corrected chi connectivity index (χ1v) is 8.32. The molecule has 0 spiro atoms. The molecule has 1 aromatic rings. The number of halogens is 1. The monoisotopic (exact) mass is 305 g/mol. The number of sulfone groups is 1. The van der Waals surface area contributed by atoms with E-state index >= 15 is 0 Å². The van der Waals surface area contributed by atoms with Gasteiger partial charge in [-0.05, 0) is 6.92 Å². The van der Waals surface area contributed by atoms with Crippen molar-refractivity contribution in [2.45, 2.75) is 13.0 Å². The maximum Gasteiger partial charge on any atom is 0.163 e. The van der Waals surface area contributed by atoms with Crippen molar-refractivity contribution in [1.82, 2.24) is 0 Å². The van der Waals surface area contributed by atoms with Crippen LogP contribution in [0.2, 0.25) is 5.02 Å². The lowest BCUT2D eigenvalue weighted by molar-refractivity contribution is 0.171. The molecule has 1 N–H and O–H groups in total. The number of nitrogens with one attached hydrogen (secondary N) is 1. The number of rotatable bonds is 4. The minimum atomic E-state index is -3.04. The molecule has 2 rings (SSSR count). The molecule has 0 saturated carbocycles. The van der Waals surface area contributed by atoms with Crippen molar-refractivity contribution in [3.8, 4) is 11.5 Å². The van der Waals surface area contributed by atoms with Crippen molar-refractivity contribution in [3.05, 3.63) is 17.2 Å². The second kappa shape index (κ2) is 5.46. The number of hydrogen-bond donors (Lipinski definition) is 1. The predicted molar refractivity (Wildman–Crippen MR) is 75.2 cm³/mol. The quantitative estimate of drug-likeness (QED) is 0.921. The van der Waals surface area contributed by atoms with E-state index in [1.807, 2.05) is 0 Å². The average Bonchev–Trinajstić information content (AvgIpc) is 2.27. The van der Waals surface area contributed by atoms with Crippen molar-refractivity contribution >= 4 is 27.1 Å². The Morgan fingerprint density at radius 2 is 1.89 bits per heavy atom. The highest BCUT2D eigenvalue weighted by molar-refractivity contribution is 7.90. The van der Waals surface area contributed by atoms with Crippen LogP contribution in [0.1, 0.15) is 6.92 Å². The summed E-state index contributed by atoms with van der Waals surface area (Å²) >= 11 is 6.13. The molecule has 0 radical (unpaired) electrons. The third kappa shape index (κ3) is 3.91. The van der Waals surface area contributed by atoms with Gasteiger partial charge in [-0.15, -0.1) is 0 Å². The summed E-state index contributed by atoms with van der Waals surface area (Å²) in [4.78, 5) is 0. The maximum atomic E-state index is 11.2. The molecule has 0 aliphatic carbocycles. The molecule has 5 nitrogen and oxygen atoms in total. The minimum Gasteiger partial charge on any atom is -0.486 e. The lowest BCUT2D eigenvalue weighted by Gasteiger charge is -2.21. The summed E-state index contributed by atoms with van der Waals surface area (Å²) < 4.78 is 33.3. The molecule has 0 fully saturated rings. The normalized spacial score (nSPS) is 15.9. The van der Waals surface area contributed by atoms with Gasteiger partial charge in [-0.1, -0.05) is 11.6 Å². The van der Waals surface area contributed by atoms with Gasteiger partial charge in [-0.2, -0.15) is 0 Å². The van der Waals surface area contributed by atoms with Crippen LogP contribution in [0.15, 0.2) is 12.1 Å². The van der Waals surface area contributed by atoms with E-state index in [4.69, 9.17) is 21.1 Å². The topological polar surface area (TPSA) is 64.6 Å². The Morgan fingerprint density at radius 1 is 1.32 bits per heavy atom. The van der Waals surface area contributed by atoms with Crippen LogP contribution in [0.5, 0.6) is 11.5 Å². The van der Waals surface area contributed by atoms with Crippen LogP contribution in [0.4, 0.5) is 5.69 Å². The van der Waals surface area contributed by atoms with Gasteiger partial charge in [-0.25, -0.2) is 8.42 Å². The third-order valence-corrected chi connectivity index (χ3v) is 4.00. The van der Waals surface area contributed by atoms with E-state index in [1.165, 1.54) is 6.26 Å². The smallest absolute Gasteiger partial charge is 0.163 e. The van der Waals surface area contributed by atoms with Crippen LogP contribution >= 0.6 is 11.6 Å². The second-order valence-corrected chi connectivity index (χ2v) is 7.21. The fourth-order valence-electron chi connectivity index (χ4n) is 1.94. The molecule has 0 amide bonds. The van der Waals surface area contributed by atoms with Crippen molar-refractivity contribution in [1.29, 1.82) is 0 Å². The SMILES string of the molecule is CC(CS(C)(=O)=O)Nc1cc2c(cc1Cl)OCCO2. The van der Waals surface area contributed by atoms with Gasteiger partial charge in [0.05, 0.1) is 16.5 Å². The van der Waals surface area contributed by atoms with Gasteiger partial charge >= 0.3 is 0 Å². The maximum absolute atomic E-state index is 11.2. The van der Waals surface area contributed by atoms with Gasteiger partial charge in [-0.3, -0.25) is 0 Å². The van der Waals surface area contributed by atoms with Crippen LogP contribution < -0.4 is 14.8 Å². The van der Waals surface area contributed by atoms with Crippen molar-refractivity contribution in [2.75, 3.05) is 30.5 Å². The fraction of sp³-hybridized carbons (Fsp3) is 0.500. The summed E-state index contributed by atoms with van der Waals surface area (Å²) in [5, 5.41) is 3.55. The summed E-state index contributed by atoms with van der Waals surface area (Å²) in [6, 6.07) is 3.16. The highest BCUT2D eigenvalue weighted by Gasteiger charge is 2.17. The van der Waals surface area contributed by atoms with Gasteiger partial charge in [0.15, 0.2) is 11.5 Å². The van der Waals surface area contributed by atoms with Crippen LogP contribution in [0.3, 0.4) is 0 Å². The summed E-state index contributed by atoms with van der Waals surface area (Å²) in [5.41, 5.74) is 0.641. The molecular formula is C12H16ClNO4S. The van der Waals surface area contributed by atoms with Crippen LogP contribution in [-0.2, 0) is 9.84 Å². The van der Waals surface area contributed by atoms with Gasteiger partial charge < -0.3 is 14.8 Å². The highest BCUT2D eigenvalue weighted by atomic mass is 35.5. The zero-order chi connectivity index (χ0) is 14.0. The molecule has 0 saturated heterocycles. The van der Waals surface area contributed by atoms with Gasteiger partial charge in [0.2, 0.25) is 0 Å². The highest BCUT2D eigenvalue weighted by Crippen LogP contribution is 2.38. The first-order valence-electron chi connectivity index (χ1n) is 5.88. The van der Waals surface area contributed by atoms with Crippen molar-refractivity contribution < 1.29 is 17.9 Å². The Morgan fingerprint density at radius 3 is 2.47 bits per heavy atom. The molecule has 1 unspecified atom stereocenters. The van der Waals surface area contributed by atoms with E-state index in [0.29, 0.717) is 35.4 Å². The molecule has 1 atom stereocenters. The first kappa shape index (κ1) is 14.3. The standard InChI is InChI=1S/C12H16ClNO4S/c1-8(7-19(2,15)16)14-10-6-12-11(5-9(10)13)17-3-4-18-12/h5-6,8,14H,3-4,7H2,1-2H3. The van der Waals surface area contributed by atoms with Crippen molar-refractivity contribution in [2.24, 2.45) is 0 Å². The summed E-state index contributed by atoms with van der Waals surface area (Å²) in [5.74, 6) is 1.26. The van der Waals surface area contributed by atoms with E-state index < -0.39 is 9.84 Å². The van der Waals surface area contributed by atoms with Gasteiger partial charge in [0.1, 0.15) is 23.1 Å². The zero-order valence-electron chi connectivity index (χ0n) is 10.8. The largest absolute Gasteiger partial charge is 0.486 e. The summed E-state index contributed by atoms with van der Waals surface area (Å²) in [6.07, 6.45) is 1.20. The van der Waals surface area contributed by atoms with Gasteiger partial charge in [0, 0.05) is 24.4 Å². The van der Waals surface area contributed by atoms with Crippen molar-refractivity contribution in [3.63, 3.8) is 0 Å². The number of hydrogen-bond acceptors (Lipinski definition) is 5. The molecule has 1 heterocycles. The minimum absolute atomic E-state index is 0.0395. The van der Waals surface area contributed by atoms with E-state index in [1.54, 1.807) is 19.1 Å². The Hall–Kier alpha value is -1.14. The lowest BCUT2D eigenvalue weighted by Crippen LogP contribution is -2.25. The molecule has 0 aromatic heterocycles. The number of anilines is 1. The van der Waals surface area contributed by atoms with Crippen LogP contribution in [0.25, 0.3) is 0 Å². The van der Waals surface area contributed by atoms with E-state index in [0.717, 1.165) is 0 Å². The first-order chi connectivity index (χ1) is 8.85. The molecule has 1 aliphatic heterocycles. The summed E-state index contributed by atoms with van der Waals surface area (Å²) in [7, 11) is -3.04. The number of benzene rings is 1. The number of fused-ring (bicyclic) bond motifs is 1. The summed E-state index contributed by atoms with van der Waals surface area (Å²) in [6.45, 7) is 2.78. The van der Waals surface area contributed by atoms with Crippen LogP contribution in [-0.4, -0.2) is 39.7 Å². The molecule has 7 heteroatoms. The molecule has 0 bridgehead atoms. The molecule has 1 aromatic carbocycles. The molecule has 19 heavy (non-hydrogen) atoms. The van der Waals surface area contributed by atoms with E-state index in [-0.39, 0.29) is 11.8 Å². The zero-order valence-corrected chi connectivity index (χ0v) is 12.3. The van der Waals surface area contributed by atoms with E-state index in [9.17, 15) is 8.42 Å². The third-order valence-electron chi connectivity index (χ3n) is 2.59. The Bertz CT molecular complexity index is 573. The van der Waals surface area contributed by atoms with E-state index in [2.05, 4.69) is 5.32 Å². The Balaban J connectivity index is 2.16. The van der Waals surface area contributed by atoms with Crippen LogP contribution in [0, 0.1) is 0 Å². The number of ether oxygens (including phenoxy) is 2.